The summed E-state index contributed by atoms with van der Waals surface area (Å²) in [5, 5.41) is 6.42. The van der Waals surface area contributed by atoms with Crippen LogP contribution in [0.5, 0.6) is 0 Å². The molecule has 96 valence electrons. The number of rotatable bonds is 3. The fourth-order valence-corrected chi connectivity index (χ4v) is 1.71. The lowest BCUT2D eigenvalue weighted by Gasteiger charge is -2.16. The number of carbonyl (C=O) groups excluding carboxylic acids is 1. The summed E-state index contributed by atoms with van der Waals surface area (Å²) in [5.41, 5.74) is 1.66. The van der Waals surface area contributed by atoms with Crippen molar-refractivity contribution in [1.82, 2.24) is 10.6 Å². The Balaban J connectivity index is 1.90. The van der Waals surface area contributed by atoms with E-state index in [1.165, 1.54) is 7.11 Å². The van der Waals surface area contributed by atoms with Crippen molar-refractivity contribution in [3.05, 3.63) is 35.4 Å². The van der Waals surface area contributed by atoms with E-state index in [0.29, 0.717) is 12.1 Å². The van der Waals surface area contributed by atoms with E-state index >= 15 is 0 Å². The lowest BCUT2D eigenvalue weighted by atomic mass is 10.1. The minimum Gasteiger partial charge on any atom is -0.465 e. The van der Waals surface area contributed by atoms with Crippen LogP contribution in [0, 0.1) is 0 Å². The van der Waals surface area contributed by atoms with Crippen molar-refractivity contribution in [2.75, 3.05) is 20.2 Å². The number of nitrogens with zero attached hydrogens (tertiary/aromatic N) is 1. The predicted octanol–water partition coefficient (Wildman–Crippen LogP) is 0.912. The van der Waals surface area contributed by atoms with Crippen molar-refractivity contribution in [2.45, 2.75) is 13.0 Å². The summed E-state index contributed by atoms with van der Waals surface area (Å²) in [4.78, 5) is 15.6. The Morgan fingerprint density at radius 3 is 2.83 bits per heavy atom. The number of methoxy groups -OCH3 is 1. The van der Waals surface area contributed by atoms with E-state index in [0.717, 1.165) is 31.0 Å². The molecule has 5 heteroatoms. The number of esters is 1. The van der Waals surface area contributed by atoms with E-state index in [-0.39, 0.29) is 5.97 Å². The molecule has 1 aliphatic heterocycles. The smallest absolute Gasteiger partial charge is 0.337 e. The van der Waals surface area contributed by atoms with Crippen molar-refractivity contribution >= 4 is 11.9 Å². The predicted molar refractivity (Wildman–Crippen MR) is 69.5 cm³/mol. The molecule has 2 N–H and O–H groups in total. The van der Waals surface area contributed by atoms with Gasteiger partial charge in [0.15, 0.2) is 5.96 Å². The quantitative estimate of drug-likeness (QED) is 0.779. The Labute approximate surface area is 106 Å². The summed E-state index contributed by atoms with van der Waals surface area (Å²) in [6.45, 7) is 2.52. The van der Waals surface area contributed by atoms with Crippen LogP contribution in [0.25, 0.3) is 0 Å². The molecule has 0 aliphatic carbocycles. The molecule has 5 nitrogen and oxygen atoms in total. The summed E-state index contributed by atoms with van der Waals surface area (Å²) in [5.74, 6) is 0.533. The summed E-state index contributed by atoms with van der Waals surface area (Å²) in [6.07, 6.45) is 1.08. The molecular formula is C13H17N3O2. The second kappa shape index (κ2) is 6.05. The molecule has 0 amide bonds. The van der Waals surface area contributed by atoms with Gasteiger partial charge >= 0.3 is 5.97 Å². The maximum absolute atomic E-state index is 11.3. The molecular weight excluding hydrogens is 230 g/mol. The van der Waals surface area contributed by atoms with E-state index in [4.69, 9.17) is 0 Å². The zero-order valence-electron chi connectivity index (χ0n) is 10.4. The van der Waals surface area contributed by atoms with Crippen molar-refractivity contribution in [1.29, 1.82) is 0 Å². The van der Waals surface area contributed by atoms with Crippen LogP contribution in [0.3, 0.4) is 0 Å². The Kier molecular flexibility index (Phi) is 4.17. The Bertz CT molecular complexity index is 440. The highest BCUT2D eigenvalue weighted by molar-refractivity contribution is 5.89. The molecule has 0 atom stereocenters. The molecule has 0 fully saturated rings. The van der Waals surface area contributed by atoms with Gasteiger partial charge in [0, 0.05) is 19.6 Å². The molecule has 1 aromatic rings. The first-order chi connectivity index (χ1) is 8.79. The largest absolute Gasteiger partial charge is 0.465 e. The Hall–Kier alpha value is -2.04. The van der Waals surface area contributed by atoms with Crippen molar-refractivity contribution in [3.8, 4) is 0 Å². The fourth-order valence-electron chi connectivity index (χ4n) is 1.71. The van der Waals surface area contributed by atoms with Crippen molar-refractivity contribution < 1.29 is 9.53 Å². The van der Waals surface area contributed by atoms with Gasteiger partial charge in [-0.15, -0.1) is 0 Å². The number of ether oxygens (including phenoxy) is 1. The van der Waals surface area contributed by atoms with Gasteiger partial charge in [-0.2, -0.15) is 0 Å². The zero-order chi connectivity index (χ0) is 12.8. The van der Waals surface area contributed by atoms with Crippen molar-refractivity contribution in [2.24, 2.45) is 4.99 Å². The highest BCUT2D eigenvalue weighted by atomic mass is 16.5. The van der Waals surface area contributed by atoms with Gasteiger partial charge in [0.1, 0.15) is 0 Å². The first kappa shape index (κ1) is 12.4. The van der Waals surface area contributed by atoms with Crippen LogP contribution >= 0.6 is 0 Å². The van der Waals surface area contributed by atoms with Crippen LogP contribution in [0.1, 0.15) is 22.3 Å². The number of nitrogens with one attached hydrogen (secondary N) is 2. The molecule has 1 aliphatic rings. The number of aliphatic imine (C=N–C) groups is 1. The number of hydrogen-bond acceptors (Lipinski definition) is 5. The van der Waals surface area contributed by atoms with Gasteiger partial charge in [-0.25, -0.2) is 4.79 Å². The van der Waals surface area contributed by atoms with Crippen LogP contribution in [0.2, 0.25) is 0 Å². The Morgan fingerprint density at radius 2 is 2.22 bits per heavy atom. The zero-order valence-corrected chi connectivity index (χ0v) is 10.4. The van der Waals surface area contributed by atoms with Gasteiger partial charge in [-0.3, -0.25) is 4.99 Å². The highest BCUT2D eigenvalue weighted by Crippen LogP contribution is 2.05. The number of benzene rings is 1. The van der Waals surface area contributed by atoms with E-state index in [1.807, 2.05) is 12.1 Å². The molecule has 0 bridgehead atoms. The van der Waals surface area contributed by atoms with E-state index in [1.54, 1.807) is 12.1 Å². The van der Waals surface area contributed by atoms with Crippen LogP contribution < -0.4 is 10.6 Å². The van der Waals surface area contributed by atoms with E-state index < -0.39 is 0 Å². The monoisotopic (exact) mass is 247 g/mol. The maximum atomic E-state index is 11.3. The lowest BCUT2D eigenvalue weighted by Crippen LogP contribution is -2.40. The second-order valence-electron chi connectivity index (χ2n) is 4.05. The first-order valence-electron chi connectivity index (χ1n) is 5.99. The number of hydrogen-bond donors (Lipinski definition) is 2. The summed E-state index contributed by atoms with van der Waals surface area (Å²) in [6, 6.07) is 7.34. The normalized spacial score (nSPS) is 14.4. The second-order valence-corrected chi connectivity index (χ2v) is 4.05. The molecule has 18 heavy (non-hydrogen) atoms. The average molecular weight is 247 g/mol. The van der Waals surface area contributed by atoms with Gasteiger partial charge in [-0.05, 0) is 24.1 Å². The first-order valence-corrected chi connectivity index (χ1v) is 5.99. The summed E-state index contributed by atoms with van der Waals surface area (Å²) < 4.78 is 4.65. The molecule has 0 saturated heterocycles. The molecule has 1 heterocycles. The Morgan fingerprint density at radius 1 is 1.44 bits per heavy atom. The molecule has 0 saturated carbocycles. The van der Waals surface area contributed by atoms with Gasteiger partial charge in [0.25, 0.3) is 0 Å². The molecule has 1 aromatic carbocycles. The minimum atomic E-state index is -0.312. The maximum Gasteiger partial charge on any atom is 0.337 e. The minimum absolute atomic E-state index is 0.312. The number of carbonyl (C=O) groups is 1. The third kappa shape index (κ3) is 3.23. The SMILES string of the molecule is COC(=O)c1ccc(CNC2=NCCCN2)cc1. The van der Waals surface area contributed by atoms with Gasteiger partial charge in [0.2, 0.25) is 0 Å². The molecule has 0 aromatic heterocycles. The average Bonchev–Trinajstić information content (AvgIpc) is 2.46. The van der Waals surface area contributed by atoms with Crippen LogP contribution in [0.15, 0.2) is 29.3 Å². The summed E-state index contributed by atoms with van der Waals surface area (Å²) >= 11 is 0. The highest BCUT2D eigenvalue weighted by Gasteiger charge is 2.05. The standard InChI is InChI=1S/C13H17N3O2/c1-18-12(17)11-5-3-10(4-6-11)9-16-13-14-7-2-8-15-13/h3-6H,2,7-9H2,1H3,(H2,14,15,16). The fraction of sp³-hybridized carbons (Fsp3) is 0.385. The van der Waals surface area contributed by atoms with Crippen molar-refractivity contribution in [3.63, 3.8) is 0 Å². The summed E-state index contributed by atoms with van der Waals surface area (Å²) in [7, 11) is 1.38. The molecule has 2 rings (SSSR count). The molecule has 0 spiro atoms. The molecule has 0 radical (unpaired) electrons. The topological polar surface area (TPSA) is 62.7 Å². The third-order valence-electron chi connectivity index (χ3n) is 2.73. The van der Waals surface area contributed by atoms with Crippen LogP contribution in [-0.2, 0) is 11.3 Å². The van der Waals surface area contributed by atoms with Crippen LogP contribution in [-0.4, -0.2) is 32.1 Å². The van der Waals surface area contributed by atoms with E-state index in [2.05, 4.69) is 20.4 Å². The molecule has 0 unspecified atom stereocenters. The van der Waals surface area contributed by atoms with Gasteiger partial charge in [-0.1, -0.05) is 12.1 Å². The lowest BCUT2D eigenvalue weighted by molar-refractivity contribution is 0.0600. The van der Waals surface area contributed by atoms with Gasteiger partial charge in [0.05, 0.1) is 12.7 Å². The van der Waals surface area contributed by atoms with Crippen LogP contribution in [0.4, 0.5) is 0 Å². The third-order valence-corrected chi connectivity index (χ3v) is 2.73. The number of guanidine groups is 1. The van der Waals surface area contributed by atoms with E-state index in [9.17, 15) is 4.79 Å². The van der Waals surface area contributed by atoms with Gasteiger partial charge < -0.3 is 15.4 Å².